The van der Waals surface area contributed by atoms with Crippen molar-refractivity contribution in [2.75, 3.05) is 7.11 Å². The third-order valence-corrected chi connectivity index (χ3v) is 4.23. The van der Waals surface area contributed by atoms with Gasteiger partial charge in [-0.15, -0.1) is 0 Å². The van der Waals surface area contributed by atoms with Crippen molar-refractivity contribution in [1.82, 2.24) is 5.32 Å². The number of nitrogens with one attached hydrogen (secondary N) is 1. The molecule has 1 fully saturated rings. The minimum absolute atomic E-state index is 0.109. The van der Waals surface area contributed by atoms with Crippen LogP contribution in [0.3, 0.4) is 0 Å². The predicted octanol–water partition coefficient (Wildman–Crippen LogP) is -3.41. The summed E-state index contributed by atoms with van der Waals surface area (Å²) in [6, 6.07) is 2.87. The van der Waals surface area contributed by atoms with Crippen molar-refractivity contribution in [3.8, 4) is 11.5 Å². The summed E-state index contributed by atoms with van der Waals surface area (Å²) in [7, 11) is 0.944. The third kappa shape index (κ3) is 4.51. The number of ether oxygens (including phenoxy) is 3. The van der Waals surface area contributed by atoms with Crippen LogP contribution in [0.4, 0.5) is 0 Å². The number of carbonyl (C=O) groups excluding carboxylic acids is 3. The Morgan fingerprint density at radius 2 is 1.70 bits per heavy atom. The Kier molecular flexibility index (Phi) is 6.37. The van der Waals surface area contributed by atoms with Crippen molar-refractivity contribution in [3.63, 3.8) is 0 Å². The molecule has 0 aromatic heterocycles. The minimum Gasteiger partial charge on any atom is -0.467 e. The number of fused-ring (bicyclic) bond motifs is 1. The number of carbonyl (C=O) groups is 3. The van der Waals surface area contributed by atoms with E-state index in [2.05, 4.69) is 9.47 Å². The second-order valence-corrected chi connectivity index (χ2v) is 6.43. The molecule has 0 saturated carbocycles. The van der Waals surface area contributed by atoms with Crippen molar-refractivity contribution < 1.29 is 59.2 Å². The molecule has 1 saturated heterocycles. The molecule has 13 heteroatoms. The van der Waals surface area contributed by atoms with E-state index in [9.17, 15) is 14.4 Å². The number of rotatable bonds is 4. The van der Waals surface area contributed by atoms with Gasteiger partial charge in [-0.25, -0.2) is 4.79 Å². The fourth-order valence-corrected chi connectivity index (χ4v) is 2.53. The van der Waals surface area contributed by atoms with Crippen LogP contribution in [0.5, 0.6) is 11.5 Å². The number of hydrogen-bond acceptors (Lipinski definition) is 12. The Bertz CT molecular complexity index is 847. The van der Waals surface area contributed by atoms with Gasteiger partial charge in [-0.3, -0.25) is 19.8 Å². The number of methoxy groups -OCH3 is 1. The van der Waals surface area contributed by atoms with Gasteiger partial charge in [0.1, 0.15) is 5.78 Å². The predicted molar refractivity (Wildman–Crippen MR) is 92.2 cm³/mol. The summed E-state index contributed by atoms with van der Waals surface area (Å²) in [5.74, 6) is -8.86. The monoisotopic (exact) mass is 431 g/mol. The fourth-order valence-electron chi connectivity index (χ4n) is 2.53. The number of benzene rings is 1. The number of aliphatic hydroxyl groups is 6. The zero-order valence-electron chi connectivity index (χ0n) is 15.9. The van der Waals surface area contributed by atoms with E-state index in [1.165, 1.54) is 0 Å². The molecule has 1 amide bonds. The quantitative estimate of drug-likeness (QED) is 0.184. The Hall–Kier alpha value is -2.81. The fraction of sp³-hybridized carbons (Fsp3) is 0.471. The molecule has 1 aromatic carbocycles. The topological polar surface area (TPSA) is 212 Å². The summed E-state index contributed by atoms with van der Waals surface area (Å²) in [5.41, 5.74) is 0.756. The van der Waals surface area contributed by atoms with Crippen LogP contribution in [0.1, 0.15) is 18.9 Å². The minimum atomic E-state index is -3.44. The smallest absolute Gasteiger partial charge is 0.467 e. The highest BCUT2D eigenvalue weighted by molar-refractivity contribution is 5.94. The maximum Gasteiger partial charge on any atom is 0.505 e. The first-order chi connectivity index (χ1) is 13.7. The van der Waals surface area contributed by atoms with Crippen molar-refractivity contribution in [2.45, 2.75) is 43.5 Å². The van der Waals surface area contributed by atoms with E-state index in [0.717, 1.165) is 12.7 Å². The van der Waals surface area contributed by atoms with Gasteiger partial charge in [0.05, 0.1) is 7.11 Å². The summed E-state index contributed by atoms with van der Waals surface area (Å²) in [5, 5.41) is 56.0. The summed E-state index contributed by atoms with van der Waals surface area (Å²) in [6.07, 6.45) is -1.83. The molecule has 0 aliphatic carbocycles. The maximum atomic E-state index is 11.2. The molecule has 1 atom stereocenters. The standard InChI is InChI=1S/C11H12O5.C6H9NO7/c1-2-8(12)5-7-3-4-9-10(6-7)16-11(13,14)15-9;1-14-3(8)2-5(10,11)6(12,13)4(9)7-2/h3-4,6,13-14H,2,5H2,1H3;2,10-13H,1H3,(H,7,9). The number of Topliss-reactive ketones (excluding diaryl/α,β-unsaturated/α-hetero) is 1. The van der Waals surface area contributed by atoms with Gasteiger partial charge < -0.3 is 40.0 Å². The molecule has 0 bridgehead atoms. The number of hydrogen-bond donors (Lipinski definition) is 7. The van der Waals surface area contributed by atoms with E-state index in [0.29, 0.717) is 12.8 Å². The molecule has 0 spiro atoms. The molecule has 13 nitrogen and oxygen atoms in total. The highest BCUT2D eigenvalue weighted by atomic mass is 17.0. The average molecular weight is 431 g/mol. The first kappa shape index (κ1) is 23.5. The van der Waals surface area contributed by atoms with E-state index in [4.69, 9.17) is 35.4 Å². The molecule has 166 valence electrons. The zero-order valence-corrected chi connectivity index (χ0v) is 15.9. The highest BCUT2D eigenvalue weighted by Gasteiger charge is 2.67. The molecule has 2 heterocycles. The molecule has 1 unspecified atom stereocenters. The van der Waals surface area contributed by atoms with Crippen LogP contribution in [0, 0.1) is 0 Å². The Labute approximate surface area is 169 Å². The SMILES string of the molecule is CCC(=O)Cc1ccc2c(c1)OC(O)(O)O2.COC(=O)C1NC(=O)C(O)(O)C1(O)O. The molecule has 7 N–H and O–H groups in total. The normalized spacial score (nSPS) is 21.9. The average Bonchev–Trinajstić information content (AvgIpc) is 3.05. The number of ketones is 1. The zero-order chi connectivity index (χ0) is 22.9. The highest BCUT2D eigenvalue weighted by Crippen LogP contribution is 2.38. The van der Waals surface area contributed by atoms with E-state index >= 15 is 0 Å². The molecule has 0 radical (unpaired) electrons. The van der Waals surface area contributed by atoms with Crippen LogP contribution in [-0.4, -0.2) is 79.2 Å². The molecular formula is C17H21NO12. The van der Waals surface area contributed by atoms with Gasteiger partial charge in [-0.2, -0.15) is 0 Å². The van der Waals surface area contributed by atoms with Crippen LogP contribution in [0.2, 0.25) is 0 Å². The summed E-state index contributed by atoms with van der Waals surface area (Å²) >= 11 is 0. The Morgan fingerprint density at radius 3 is 2.20 bits per heavy atom. The Morgan fingerprint density at radius 1 is 1.10 bits per heavy atom. The molecule has 2 aliphatic heterocycles. The van der Waals surface area contributed by atoms with Gasteiger partial charge in [-0.05, 0) is 17.7 Å². The van der Waals surface area contributed by atoms with Crippen LogP contribution in [0.15, 0.2) is 18.2 Å². The summed E-state index contributed by atoms with van der Waals surface area (Å²) in [4.78, 5) is 32.9. The maximum absolute atomic E-state index is 11.2. The van der Waals surface area contributed by atoms with Crippen molar-refractivity contribution in [1.29, 1.82) is 0 Å². The lowest BCUT2D eigenvalue weighted by Crippen LogP contribution is -2.60. The van der Waals surface area contributed by atoms with Crippen LogP contribution >= 0.6 is 0 Å². The first-order valence-electron chi connectivity index (χ1n) is 8.50. The molecule has 3 rings (SSSR count). The second-order valence-electron chi connectivity index (χ2n) is 6.43. The second kappa shape index (κ2) is 8.14. The van der Waals surface area contributed by atoms with Gasteiger partial charge in [-0.1, -0.05) is 13.0 Å². The van der Waals surface area contributed by atoms with Crippen molar-refractivity contribution in [3.05, 3.63) is 23.8 Å². The Balaban J connectivity index is 0.000000216. The third-order valence-electron chi connectivity index (χ3n) is 4.23. The first-order valence-corrected chi connectivity index (χ1v) is 8.50. The van der Waals surface area contributed by atoms with E-state index in [1.54, 1.807) is 30.4 Å². The molecule has 1 aromatic rings. The number of amides is 1. The van der Waals surface area contributed by atoms with Gasteiger partial charge in [0.15, 0.2) is 17.5 Å². The molecular weight excluding hydrogens is 410 g/mol. The lowest BCUT2D eigenvalue weighted by molar-refractivity contribution is -0.385. The van der Waals surface area contributed by atoms with E-state index in [-0.39, 0.29) is 17.3 Å². The van der Waals surface area contributed by atoms with Gasteiger partial charge in [0, 0.05) is 12.8 Å². The van der Waals surface area contributed by atoms with Crippen molar-refractivity contribution >= 4 is 17.7 Å². The summed E-state index contributed by atoms with van der Waals surface area (Å²) < 4.78 is 13.5. The lowest BCUT2D eigenvalue weighted by Gasteiger charge is -2.27. The van der Waals surface area contributed by atoms with Crippen LogP contribution in [-0.2, 0) is 25.5 Å². The van der Waals surface area contributed by atoms with Crippen LogP contribution in [0.25, 0.3) is 0 Å². The summed E-state index contributed by atoms with van der Waals surface area (Å²) in [6.45, 7) is 1.79. The van der Waals surface area contributed by atoms with Gasteiger partial charge >= 0.3 is 17.9 Å². The van der Waals surface area contributed by atoms with Gasteiger partial charge in [0.25, 0.3) is 11.7 Å². The van der Waals surface area contributed by atoms with Crippen molar-refractivity contribution in [2.24, 2.45) is 0 Å². The van der Waals surface area contributed by atoms with E-state index in [1.807, 2.05) is 0 Å². The molecule has 2 aliphatic rings. The van der Waals surface area contributed by atoms with E-state index < -0.39 is 35.7 Å². The number of esters is 1. The van der Waals surface area contributed by atoms with Crippen LogP contribution < -0.4 is 14.8 Å². The largest absolute Gasteiger partial charge is 0.505 e. The lowest BCUT2D eigenvalue weighted by atomic mass is 10.0. The van der Waals surface area contributed by atoms with Gasteiger partial charge in [0.2, 0.25) is 0 Å². The molecule has 30 heavy (non-hydrogen) atoms.